The van der Waals surface area contributed by atoms with Crippen LogP contribution in [0.5, 0.6) is 5.75 Å². The minimum Gasteiger partial charge on any atom is -0.478 e. The summed E-state index contributed by atoms with van der Waals surface area (Å²) in [6.07, 6.45) is 5.95. The fourth-order valence-electron chi connectivity index (χ4n) is 3.36. The third-order valence-electron chi connectivity index (χ3n) is 5.06. The number of carboxylic acid groups (broad SMARTS) is 1. The van der Waals surface area contributed by atoms with Crippen LogP contribution < -0.4 is 4.74 Å². The van der Waals surface area contributed by atoms with Gasteiger partial charge in [-0.2, -0.15) is 0 Å². The Hall–Kier alpha value is -2.28. The van der Waals surface area contributed by atoms with Crippen LogP contribution in [0, 0.1) is 13.8 Å². The predicted molar refractivity (Wildman–Crippen MR) is 119 cm³/mol. The van der Waals surface area contributed by atoms with Crippen molar-refractivity contribution in [2.24, 2.45) is 0 Å². The van der Waals surface area contributed by atoms with Crippen LogP contribution in [-0.2, 0) is 20.1 Å². The second-order valence-corrected chi connectivity index (χ2v) is 8.71. The molecule has 0 aliphatic carbocycles. The zero-order valence-electron chi connectivity index (χ0n) is 18.0. The average molecular weight is 429 g/mol. The highest BCUT2D eigenvalue weighted by Crippen LogP contribution is 2.35. The van der Waals surface area contributed by atoms with Gasteiger partial charge in [0, 0.05) is 10.5 Å². The van der Waals surface area contributed by atoms with Crippen molar-refractivity contribution in [2.45, 2.75) is 44.0 Å². The maximum absolute atomic E-state index is 11.4. The molecular formula is C24H28O5S. The van der Waals surface area contributed by atoms with Gasteiger partial charge in [0.15, 0.2) is 5.60 Å². The van der Waals surface area contributed by atoms with Crippen LogP contribution in [-0.4, -0.2) is 36.1 Å². The van der Waals surface area contributed by atoms with Crippen molar-refractivity contribution in [1.29, 1.82) is 0 Å². The summed E-state index contributed by atoms with van der Waals surface area (Å²) in [7, 11) is 0. The van der Waals surface area contributed by atoms with E-state index in [9.17, 15) is 9.90 Å². The van der Waals surface area contributed by atoms with Gasteiger partial charge in [-0.15, -0.1) is 11.8 Å². The Kier molecular flexibility index (Phi) is 6.60. The summed E-state index contributed by atoms with van der Waals surface area (Å²) in [5, 5.41) is 9.35. The molecule has 2 aromatic carbocycles. The first-order valence-corrected chi connectivity index (χ1v) is 11.0. The van der Waals surface area contributed by atoms with Crippen molar-refractivity contribution in [3.05, 3.63) is 64.7 Å². The predicted octanol–water partition coefficient (Wildman–Crippen LogP) is 5.18. The first-order valence-electron chi connectivity index (χ1n) is 9.82. The molecule has 2 aromatic rings. The van der Waals surface area contributed by atoms with E-state index >= 15 is 0 Å². The summed E-state index contributed by atoms with van der Waals surface area (Å²) < 4.78 is 17.8. The molecule has 1 fully saturated rings. The maximum Gasteiger partial charge on any atom is 0.347 e. The Labute approximate surface area is 182 Å². The van der Waals surface area contributed by atoms with Gasteiger partial charge in [0.05, 0.1) is 13.2 Å². The molecule has 0 spiro atoms. The molecule has 6 heteroatoms. The summed E-state index contributed by atoms with van der Waals surface area (Å²) >= 11 is 1.69. The molecule has 5 nitrogen and oxygen atoms in total. The largest absolute Gasteiger partial charge is 0.478 e. The molecule has 1 N–H and O–H groups in total. The van der Waals surface area contributed by atoms with E-state index < -0.39 is 17.4 Å². The molecule has 0 amide bonds. The van der Waals surface area contributed by atoms with Crippen molar-refractivity contribution in [2.75, 3.05) is 19.5 Å². The van der Waals surface area contributed by atoms with Crippen LogP contribution in [0.4, 0.5) is 0 Å². The molecule has 0 unspecified atom stereocenters. The maximum atomic E-state index is 11.4. The van der Waals surface area contributed by atoms with Gasteiger partial charge in [0.2, 0.25) is 5.79 Å². The van der Waals surface area contributed by atoms with Crippen LogP contribution in [0.3, 0.4) is 0 Å². The number of thioether (sulfide) groups is 1. The first kappa shape index (κ1) is 22.4. The van der Waals surface area contributed by atoms with Crippen LogP contribution in [0.2, 0.25) is 0 Å². The molecule has 1 saturated heterocycles. The summed E-state index contributed by atoms with van der Waals surface area (Å²) in [6, 6.07) is 12.1. The zero-order chi connectivity index (χ0) is 21.9. The summed E-state index contributed by atoms with van der Waals surface area (Å²) in [5.74, 6) is -1.32. The third-order valence-corrected chi connectivity index (χ3v) is 5.80. The van der Waals surface area contributed by atoms with E-state index in [4.69, 9.17) is 14.2 Å². The van der Waals surface area contributed by atoms with E-state index in [1.807, 2.05) is 56.5 Å². The van der Waals surface area contributed by atoms with Crippen molar-refractivity contribution < 1.29 is 24.1 Å². The second kappa shape index (κ2) is 8.84. The third kappa shape index (κ3) is 4.72. The molecule has 0 radical (unpaired) electrons. The SMILES string of the molecule is CSc1ccc(C2(/C=C/c3cc(C)c(OC(C)(C)C(=O)O)c(C)c3)OCCO2)cc1. The molecule has 1 aliphatic heterocycles. The number of carboxylic acids is 1. The van der Waals surface area contributed by atoms with Gasteiger partial charge in [-0.1, -0.05) is 18.2 Å². The fourth-order valence-corrected chi connectivity index (χ4v) is 3.76. The number of aryl methyl sites for hydroxylation is 2. The highest BCUT2D eigenvalue weighted by molar-refractivity contribution is 7.98. The average Bonchev–Trinajstić information content (AvgIpc) is 3.19. The van der Waals surface area contributed by atoms with E-state index in [0.29, 0.717) is 19.0 Å². The van der Waals surface area contributed by atoms with Crippen LogP contribution in [0.15, 0.2) is 47.4 Å². The lowest BCUT2D eigenvalue weighted by Crippen LogP contribution is -2.38. The topological polar surface area (TPSA) is 65.0 Å². The highest BCUT2D eigenvalue weighted by atomic mass is 32.2. The highest BCUT2D eigenvalue weighted by Gasteiger charge is 2.36. The van der Waals surface area contributed by atoms with Crippen LogP contribution in [0.1, 0.15) is 36.1 Å². The lowest BCUT2D eigenvalue weighted by Gasteiger charge is -2.25. The van der Waals surface area contributed by atoms with Gasteiger partial charge >= 0.3 is 5.97 Å². The summed E-state index contributed by atoms with van der Waals surface area (Å²) in [5.41, 5.74) is 2.35. The van der Waals surface area contributed by atoms with E-state index in [1.54, 1.807) is 25.6 Å². The minimum atomic E-state index is -1.30. The molecule has 3 rings (SSSR count). The zero-order valence-corrected chi connectivity index (χ0v) is 18.8. The van der Waals surface area contributed by atoms with Gasteiger partial charge in [0.25, 0.3) is 0 Å². The quantitative estimate of drug-likeness (QED) is 0.613. The standard InChI is InChI=1S/C24H28O5S/c1-16-14-18(15-17(2)21(16)29-23(3,4)22(25)26)10-11-24(27-12-13-28-24)19-6-8-20(30-5)9-7-19/h6-11,14-15H,12-13H2,1-5H3,(H,25,26)/b11-10+. The Bertz CT molecular complexity index is 918. The van der Waals surface area contributed by atoms with E-state index in [-0.39, 0.29) is 0 Å². The number of carbonyl (C=O) groups is 1. The molecule has 0 aromatic heterocycles. The van der Waals surface area contributed by atoms with Crippen LogP contribution in [0.25, 0.3) is 6.08 Å². The molecule has 160 valence electrons. The lowest BCUT2D eigenvalue weighted by atomic mass is 10.0. The Morgan fingerprint density at radius 3 is 2.20 bits per heavy atom. The van der Waals surface area contributed by atoms with Gasteiger partial charge in [-0.05, 0) is 81.0 Å². The molecule has 0 saturated carbocycles. The van der Waals surface area contributed by atoms with E-state index in [0.717, 1.165) is 22.3 Å². The first-order chi connectivity index (χ1) is 14.2. The smallest absolute Gasteiger partial charge is 0.347 e. The van der Waals surface area contributed by atoms with Gasteiger partial charge in [-0.3, -0.25) is 0 Å². The number of hydrogen-bond donors (Lipinski definition) is 1. The minimum absolute atomic E-state index is 0.531. The normalized spacial score (nSPS) is 16.2. The lowest BCUT2D eigenvalue weighted by molar-refractivity contribution is -0.152. The Morgan fingerprint density at radius 1 is 1.13 bits per heavy atom. The number of benzene rings is 2. The molecule has 0 bridgehead atoms. The Balaban J connectivity index is 1.89. The fraction of sp³-hybridized carbons (Fsp3) is 0.375. The molecule has 1 heterocycles. The number of hydrogen-bond acceptors (Lipinski definition) is 5. The van der Waals surface area contributed by atoms with Crippen molar-refractivity contribution in [3.63, 3.8) is 0 Å². The molecule has 0 atom stereocenters. The number of ether oxygens (including phenoxy) is 3. The van der Waals surface area contributed by atoms with Gasteiger partial charge < -0.3 is 19.3 Å². The second-order valence-electron chi connectivity index (χ2n) is 7.83. The Morgan fingerprint density at radius 2 is 1.70 bits per heavy atom. The molecule has 30 heavy (non-hydrogen) atoms. The molecular weight excluding hydrogens is 400 g/mol. The monoisotopic (exact) mass is 428 g/mol. The van der Waals surface area contributed by atoms with Crippen molar-refractivity contribution >= 4 is 23.8 Å². The van der Waals surface area contributed by atoms with E-state index in [2.05, 4.69) is 12.1 Å². The van der Waals surface area contributed by atoms with Gasteiger partial charge in [0.1, 0.15) is 5.75 Å². The van der Waals surface area contributed by atoms with Gasteiger partial charge in [-0.25, -0.2) is 4.79 Å². The molecule has 1 aliphatic rings. The van der Waals surface area contributed by atoms with E-state index in [1.165, 1.54) is 4.90 Å². The van der Waals surface area contributed by atoms with Crippen LogP contribution >= 0.6 is 11.8 Å². The number of aliphatic carboxylic acids is 1. The van der Waals surface area contributed by atoms with Crippen molar-refractivity contribution in [1.82, 2.24) is 0 Å². The number of rotatable bonds is 7. The van der Waals surface area contributed by atoms with Crippen molar-refractivity contribution in [3.8, 4) is 5.75 Å². The summed E-state index contributed by atoms with van der Waals surface area (Å²) in [4.78, 5) is 12.6. The summed E-state index contributed by atoms with van der Waals surface area (Å²) in [6.45, 7) is 7.98.